The molecule has 0 atom stereocenters. The van der Waals surface area contributed by atoms with Crippen molar-refractivity contribution in [3.05, 3.63) is 48.0 Å². The van der Waals surface area contributed by atoms with Crippen molar-refractivity contribution < 1.29 is 0 Å². The van der Waals surface area contributed by atoms with E-state index in [1.54, 1.807) is 0 Å². The molecular weight excluding hydrogens is 222 g/mol. The Bertz CT molecular complexity index is 681. The van der Waals surface area contributed by atoms with Gasteiger partial charge in [-0.15, -0.1) is 0 Å². The second kappa shape index (κ2) is 4.18. The summed E-state index contributed by atoms with van der Waals surface area (Å²) >= 11 is 0. The summed E-state index contributed by atoms with van der Waals surface area (Å²) in [7, 11) is 0. The minimum atomic E-state index is 0.554. The van der Waals surface area contributed by atoms with Gasteiger partial charge < -0.3 is 5.73 Å². The van der Waals surface area contributed by atoms with Gasteiger partial charge in [-0.25, -0.2) is 0 Å². The average Bonchev–Trinajstić information content (AvgIpc) is 2.80. The molecule has 0 bridgehead atoms. The van der Waals surface area contributed by atoms with E-state index in [4.69, 9.17) is 5.73 Å². The van der Waals surface area contributed by atoms with Gasteiger partial charge in [0.25, 0.3) is 0 Å². The van der Waals surface area contributed by atoms with Gasteiger partial charge in [0.2, 0.25) is 0 Å². The van der Waals surface area contributed by atoms with E-state index in [9.17, 15) is 0 Å². The van der Waals surface area contributed by atoms with Crippen LogP contribution in [0.5, 0.6) is 0 Å². The third-order valence-corrected chi connectivity index (χ3v) is 3.29. The molecular formula is C15H15N3. The van der Waals surface area contributed by atoms with Crippen molar-refractivity contribution in [3.8, 4) is 11.1 Å². The highest BCUT2D eigenvalue weighted by molar-refractivity contribution is 5.91. The van der Waals surface area contributed by atoms with Gasteiger partial charge in [-0.1, -0.05) is 37.3 Å². The number of aromatic amines is 1. The van der Waals surface area contributed by atoms with E-state index in [0.29, 0.717) is 5.82 Å². The molecule has 0 fully saturated rings. The van der Waals surface area contributed by atoms with Gasteiger partial charge >= 0.3 is 0 Å². The van der Waals surface area contributed by atoms with Crippen LogP contribution in [0.4, 0.5) is 5.82 Å². The lowest BCUT2D eigenvalue weighted by Gasteiger charge is -2.03. The molecule has 0 unspecified atom stereocenters. The second-order valence-corrected chi connectivity index (χ2v) is 4.42. The van der Waals surface area contributed by atoms with E-state index < -0.39 is 0 Å². The number of hydrogen-bond acceptors (Lipinski definition) is 2. The smallest absolute Gasteiger partial charge is 0.153 e. The van der Waals surface area contributed by atoms with Crippen LogP contribution in [0.3, 0.4) is 0 Å². The van der Waals surface area contributed by atoms with Crippen LogP contribution in [0.25, 0.3) is 22.0 Å². The molecule has 0 saturated heterocycles. The number of rotatable bonds is 2. The van der Waals surface area contributed by atoms with Crippen molar-refractivity contribution in [1.82, 2.24) is 10.2 Å². The molecule has 3 rings (SSSR count). The van der Waals surface area contributed by atoms with Gasteiger partial charge in [0.1, 0.15) is 0 Å². The Morgan fingerprint density at radius 2 is 1.78 bits per heavy atom. The highest BCUT2D eigenvalue weighted by atomic mass is 15.1. The van der Waals surface area contributed by atoms with E-state index in [1.807, 2.05) is 6.07 Å². The fourth-order valence-electron chi connectivity index (χ4n) is 2.15. The molecule has 0 aliphatic heterocycles. The number of fused-ring (bicyclic) bond motifs is 1. The minimum Gasteiger partial charge on any atom is -0.382 e. The Balaban J connectivity index is 2.07. The molecule has 3 aromatic rings. The molecule has 0 radical (unpaired) electrons. The van der Waals surface area contributed by atoms with Gasteiger partial charge in [0, 0.05) is 5.39 Å². The number of nitrogens with zero attached hydrogens (tertiary/aromatic N) is 1. The zero-order chi connectivity index (χ0) is 12.5. The third kappa shape index (κ3) is 1.74. The topological polar surface area (TPSA) is 54.7 Å². The van der Waals surface area contributed by atoms with Gasteiger partial charge in [-0.2, -0.15) is 5.10 Å². The minimum absolute atomic E-state index is 0.554. The molecule has 0 aliphatic rings. The first-order valence-corrected chi connectivity index (χ1v) is 6.11. The summed E-state index contributed by atoms with van der Waals surface area (Å²) < 4.78 is 0. The predicted octanol–water partition coefficient (Wildman–Crippen LogP) is 3.37. The lowest BCUT2D eigenvalue weighted by Crippen LogP contribution is -1.84. The molecule has 18 heavy (non-hydrogen) atoms. The van der Waals surface area contributed by atoms with Crippen molar-refractivity contribution >= 4 is 16.7 Å². The maximum Gasteiger partial charge on any atom is 0.153 e. The Labute approximate surface area is 106 Å². The summed E-state index contributed by atoms with van der Waals surface area (Å²) in [5.41, 5.74) is 10.5. The molecule has 2 aromatic carbocycles. The molecule has 3 N–H and O–H groups in total. The summed E-state index contributed by atoms with van der Waals surface area (Å²) in [5, 5.41) is 7.93. The van der Waals surface area contributed by atoms with Crippen molar-refractivity contribution in [2.24, 2.45) is 0 Å². The Kier molecular flexibility index (Phi) is 2.52. The second-order valence-electron chi connectivity index (χ2n) is 4.42. The van der Waals surface area contributed by atoms with Crippen LogP contribution < -0.4 is 5.73 Å². The molecule has 0 aliphatic carbocycles. The number of anilines is 1. The molecule has 90 valence electrons. The van der Waals surface area contributed by atoms with E-state index in [0.717, 1.165) is 17.3 Å². The van der Waals surface area contributed by atoms with Crippen LogP contribution in [-0.4, -0.2) is 10.2 Å². The van der Waals surface area contributed by atoms with Crippen molar-refractivity contribution in [2.45, 2.75) is 13.3 Å². The van der Waals surface area contributed by atoms with Gasteiger partial charge in [-0.05, 0) is 35.2 Å². The number of nitrogens with one attached hydrogen (secondary N) is 1. The number of H-pyrrole nitrogens is 1. The monoisotopic (exact) mass is 237 g/mol. The van der Waals surface area contributed by atoms with Crippen molar-refractivity contribution in [1.29, 1.82) is 0 Å². The summed E-state index contributed by atoms with van der Waals surface area (Å²) in [6.45, 7) is 2.16. The van der Waals surface area contributed by atoms with E-state index in [2.05, 4.69) is 53.5 Å². The number of aryl methyl sites for hydroxylation is 1. The van der Waals surface area contributed by atoms with Crippen LogP contribution in [-0.2, 0) is 6.42 Å². The maximum atomic E-state index is 5.76. The lowest BCUT2D eigenvalue weighted by atomic mass is 10.0. The van der Waals surface area contributed by atoms with Crippen LogP contribution in [0.15, 0.2) is 42.5 Å². The van der Waals surface area contributed by atoms with E-state index >= 15 is 0 Å². The number of hydrogen-bond donors (Lipinski definition) is 2. The fourth-order valence-corrected chi connectivity index (χ4v) is 2.15. The predicted molar refractivity (Wildman–Crippen MR) is 75.3 cm³/mol. The Hall–Kier alpha value is -2.29. The first-order valence-electron chi connectivity index (χ1n) is 6.11. The largest absolute Gasteiger partial charge is 0.382 e. The molecule has 0 spiro atoms. The van der Waals surface area contributed by atoms with Gasteiger partial charge in [0.15, 0.2) is 5.82 Å². The lowest BCUT2D eigenvalue weighted by molar-refractivity contribution is 1.13. The zero-order valence-corrected chi connectivity index (χ0v) is 10.3. The fraction of sp³-hybridized carbons (Fsp3) is 0.133. The molecule has 3 heteroatoms. The van der Waals surface area contributed by atoms with Crippen LogP contribution in [0.1, 0.15) is 12.5 Å². The highest BCUT2D eigenvalue weighted by Crippen LogP contribution is 2.26. The number of nitrogens with two attached hydrogens (primary N) is 1. The normalized spacial score (nSPS) is 10.9. The Morgan fingerprint density at radius 3 is 2.50 bits per heavy atom. The first-order chi connectivity index (χ1) is 8.78. The number of aromatic nitrogens is 2. The number of benzene rings is 2. The third-order valence-electron chi connectivity index (χ3n) is 3.29. The summed E-state index contributed by atoms with van der Waals surface area (Å²) in [5.74, 6) is 0.554. The molecule has 0 saturated carbocycles. The van der Waals surface area contributed by atoms with Crippen molar-refractivity contribution in [3.63, 3.8) is 0 Å². The summed E-state index contributed by atoms with van der Waals surface area (Å²) in [4.78, 5) is 0. The molecule has 3 nitrogen and oxygen atoms in total. The SMILES string of the molecule is CCc1ccc(-c2ccc3c(N)n[nH]c3c2)cc1. The molecule has 1 heterocycles. The molecule has 0 amide bonds. The highest BCUT2D eigenvalue weighted by Gasteiger charge is 2.04. The quantitative estimate of drug-likeness (QED) is 0.718. The van der Waals surface area contributed by atoms with Crippen molar-refractivity contribution in [2.75, 3.05) is 5.73 Å². The summed E-state index contributed by atoms with van der Waals surface area (Å²) in [6.07, 6.45) is 1.07. The molecule has 1 aromatic heterocycles. The van der Waals surface area contributed by atoms with E-state index in [1.165, 1.54) is 16.7 Å². The van der Waals surface area contributed by atoms with Gasteiger partial charge in [0.05, 0.1) is 5.52 Å². The summed E-state index contributed by atoms with van der Waals surface area (Å²) in [6, 6.07) is 14.8. The maximum absolute atomic E-state index is 5.76. The zero-order valence-electron chi connectivity index (χ0n) is 10.3. The standard InChI is InChI=1S/C15H15N3/c1-2-10-3-5-11(6-4-10)12-7-8-13-14(9-12)17-18-15(13)16/h3-9H,2H2,1H3,(H3,16,17,18). The number of nitrogen functional groups attached to an aromatic ring is 1. The van der Waals surface area contributed by atoms with E-state index in [-0.39, 0.29) is 0 Å². The first kappa shape index (κ1) is 10.8. The van der Waals surface area contributed by atoms with Gasteiger partial charge in [-0.3, -0.25) is 5.10 Å². The average molecular weight is 237 g/mol. The van der Waals surface area contributed by atoms with Crippen LogP contribution >= 0.6 is 0 Å². The van der Waals surface area contributed by atoms with Crippen LogP contribution in [0.2, 0.25) is 0 Å². The Morgan fingerprint density at radius 1 is 1.06 bits per heavy atom. The van der Waals surface area contributed by atoms with Crippen LogP contribution in [0, 0.1) is 0 Å².